The molecule has 1 unspecified atom stereocenters. The van der Waals surface area contributed by atoms with E-state index in [2.05, 4.69) is 4.72 Å². The molecule has 1 aliphatic heterocycles. The van der Waals surface area contributed by atoms with E-state index in [9.17, 15) is 13.2 Å². The standard InChI is InChI=1S/C13H11NO5S2/c15-13(16)12-11(5-6-20-12)21(17,18)14-9-7-19-10-4-2-1-3-8(9)10/h1-6,9,14H,7H2,(H,15,16). The average Bonchev–Trinajstić information content (AvgIpc) is 3.06. The van der Waals surface area contributed by atoms with Gasteiger partial charge in [0.05, 0.1) is 6.04 Å². The number of sulfonamides is 1. The van der Waals surface area contributed by atoms with Crippen LogP contribution in [0.3, 0.4) is 0 Å². The number of benzene rings is 1. The molecule has 1 aromatic carbocycles. The molecule has 0 saturated heterocycles. The molecule has 0 amide bonds. The van der Waals surface area contributed by atoms with Crippen molar-refractivity contribution in [2.24, 2.45) is 0 Å². The van der Waals surface area contributed by atoms with Crippen molar-refractivity contribution in [1.82, 2.24) is 4.72 Å². The van der Waals surface area contributed by atoms with E-state index >= 15 is 0 Å². The lowest BCUT2D eigenvalue weighted by atomic mass is 10.1. The molecule has 21 heavy (non-hydrogen) atoms. The molecule has 2 aromatic rings. The Kier molecular flexibility index (Phi) is 3.44. The van der Waals surface area contributed by atoms with Gasteiger partial charge in [-0.1, -0.05) is 18.2 Å². The molecule has 3 rings (SSSR count). The zero-order chi connectivity index (χ0) is 15.0. The van der Waals surface area contributed by atoms with E-state index in [4.69, 9.17) is 9.84 Å². The second-order valence-corrected chi connectivity index (χ2v) is 7.04. The van der Waals surface area contributed by atoms with Crippen molar-refractivity contribution in [2.75, 3.05) is 6.61 Å². The fourth-order valence-electron chi connectivity index (χ4n) is 2.18. The highest BCUT2D eigenvalue weighted by molar-refractivity contribution is 7.89. The summed E-state index contributed by atoms with van der Waals surface area (Å²) < 4.78 is 32.6. The first-order valence-corrected chi connectivity index (χ1v) is 8.40. The SMILES string of the molecule is O=C(O)c1sccc1S(=O)(=O)NC1COc2ccccc21. The molecule has 0 radical (unpaired) electrons. The Morgan fingerprint density at radius 1 is 1.33 bits per heavy atom. The summed E-state index contributed by atoms with van der Waals surface area (Å²) in [5.74, 6) is -0.623. The monoisotopic (exact) mass is 325 g/mol. The minimum absolute atomic E-state index is 0.186. The predicted molar refractivity (Wildman–Crippen MR) is 76.3 cm³/mol. The molecule has 0 fully saturated rings. The van der Waals surface area contributed by atoms with Gasteiger partial charge in [-0.25, -0.2) is 17.9 Å². The van der Waals surface area contributed by atoms with Crippen molar-refractivity contribution in [2.45, 2.75) is 10.9 Å². The number of carboxylic acid groups (broad SMARTS) is 1. The van der Waals surface area contributed by atoms with E-state index < -0.39 is 22.0 Å². The lowest BCUT2D eigenvalue weighted by Crippen LogP contribution is -2.30. The van der Waals surface area contributed by atoms with Gasteiger partial charge in [0, 0.05) is 5.56 Å². The summed E-state index contributed by atoms with van der Waals surface area (Å²) in [6.07, 6.45) is 0. The number of rotatable bonds is 4. The smallest absolute Gasteiger partial charge is 0.347 e. The van der Waals surface area contributed by atoms with E-state index in [1.165, 1.54) is 11.4 Å². The number of carboxylic acids is 1. The third-order valence-corrected chi connectivity index (χ3v) is 5.66. The number of nitrogens with one attached hydrogen (secondary N) is 1. The van der Waals surface area contributed by atoms with Crippen LogP contribution in [0.25, 0.3) is 0 Å². The molecule has 2 N–H and O–H groups in total. The molecule has 0 spiro atoms. The Balaban J connectivity index is 1.91. The molecule has 1 aliphatic rings. The summed E-state index contributed by atoms with van der Waals surface area (Å²) in [4.78, 5) is 10.6. The fraction of sp³-hybridized carbons (Fsp3) is 0.154. The van der Waals surface area contributed by atoms with Gasteiger partial charge in [0.25, 0.3) is 0 Å². The Morgan fingerprint density at radius 3 is 2.86 bits per heavy atom. The van der Waals surface area contributed by atoms with Crippen molar-refractivity contribution in [3.05, 3.63) is 46.2 Å². The van der Waals surface area contributed by atoms with Gasteiger partial charge in [0.1, 0.15) is 22.1 Å². The van der Waals surface area contributed by atoms with E-state index in [1.54, 1.807) is 24.3 Å². The van der Waals surface area contributed by atoms with Crippen molar-refractivity contribution in [3.8, 4) is 5.75 Å². The van der Waals surface area contributed by atoms with Crippen LogP contribution in [0.1, 0.15) is 21.3 Å². The molecule has 0 bridgehead atoms. The molecule has 2 heterocycles. The van der Waals surface area contributed by atoms with Crippen LogP contribution in [0, 0.1) is 0 Å². The zero-order valence-corrected chi connectivity index (χ0v) is 12.3. The van der Waals surface area contributed by atoms with Gasteiger partial charge in [0.15, 0.2) is 0 Å². The van der Waals surface area contributed by atoms with Gasteiger partial charge in [-0.3, -0.25) is 0 Å². The highest BCUT2D eigenvalue weighted by Gasteiger charge is 2.31. The molecule has 1 atom stereocenters. The highest BCUT2D eigenvalue weighted by atomic mass is 32.2. The number of aromatic carboxylic acids is 1. The molecule has 0 aliphatic carbocycles. The molecular formula is C13H11NO5S2. The van der Waals surface area contributed by atoms with Gasteiger partial charge in [0.2, 0.25) is 10.0 Å². The number of hydrogen-bond donors (Lipinski definition) is 2. The normalized spacial score (nSPS) is 17.2. The first-order valence-electron chi connectivity index (χ1n) is 6.04. The van der Waals surface area contributed by atoms with E-state index in [1.807, 2.05) is 0 Å². The van der Waals surface area contributed by atoms with E-state index in [-0.39, 0.29) is 16.4 Å². The third kappa shape index (κ3) is 2.53. The Labute approximate surface area is 125 Å². The second kappa shape index (κ2) is 5.14. The predicted octanol–water partition coefficient (Wildman–Crippen LogP) is 1.86. The highest BCUT2D eigenvalue weighted by Crippen LogP contribution is 2.33. The van der Waals surface area contributed by atoms with Crippen LogP contribution in [-0.2, 0) is 10.0 Å². The summed E-state index contributed by atoms with van der Waals surface area (Å²) >= 11 is 0.878. The van der Waals surface area contributed by atoms with Crippen molar-refractivity contribution in [3.63, 3.8) is 0 Å². The molecule has 110 valence electrons. The Hall–Kier alpha value is -1.90. The maximum Gasteiger partial charge on any atom is 0.347 e. The summed E-state index contributed by atoms with van der Waals surface area (Å²) in [6.45, 7) is 0.186. The minimum Gasteiger partial charge on any atom is -0.491 e. The van der Waals surface area contributed by atoms with Gasteiger partial charge in [-0.05, 0) is 17.5 Å². The first-order chi connectivity index (χ1) is 9.99. The lowest BCUT2D eigenvalue weighted by molar-refractivity contribution is 0.0698. The fourth-order valence-corrected chi connectivity index (χ4v) is 4.64. The topological polar surface area (TPSA) is 92.7 Å². The van der Waals surface area contributed by atoms with Crippen molar-refractivity contribution >= 4 is 27.3 Å². The van der Waals surface area contributed by atoms with Crippen molar-refractivity contribution in [1.29, 1.82) is 0 Å². The number of para-hydroxylation sites is 1. The third-order valence-electron chi connectivity index (χ3n) is 3.11. The quantitative estimate of drug-likeness (QED) is 0.895. The summed E-state index contributed by atoms with van der Waals surface area (Å²) in [7, 11) is -3.92. The molecule has 8 heteroatoms. The lowest BCUT2D eigenvalue weighted by Gasteiger charge is -2.12. The maximum atomic E-state index is 12.4. The van der Waals surface area contributed by atoms with Crippen LogP contribution in [0.2, 0.25) is 0 Å². The number of fused-ring (bicyclic) bond motifs is 1. The van der Waals surface area contributed by atoms with Gasteiger partial charge in [-0.2, -0.15) is 0 Å². The number of ether oxygens (including phenoxy) is 1. The molecule has 1 aromatic heterocycles. The van der Waals surface area contributed by atoms with Crippen LogP contribution in [-0.4, -0.2) is 26.1 Å². The summed E-state index contributed by atoms with van der Waals surface area (Å²) in [5.41, 5.74) is 0.744. The van der Waals surface area contributed by atoms with Crippen molar-refractivity contribution < 1.29 is 23.1 Å². The maximum absolute atomic E-state index is 12.4. The van der Waals surface area contributed by atoms with Gasteiger partial charge in [-0.15, -0.1) is 11.3 Å². The molecular weight excluding hydrogens is 314 g/mol. The molecule has 0 saturated carbocycles. The van der Waals surface area contributed by atoms with Gasteiger partial charge >= 0.3 is 5.97 Å². The van der Waals surface area contributed by atoms with Crippen LogP contribution >= 0.6 is 11.3 Å². The zero-order valence-electron chi connectivity index (χ0n) is 10.6. The van der Waals surface area contributed by atoms with Crippen LogP contribution in [0.4, 0.5) is 0 Å². The van der Waals surface area contributed by atoms with Crippen LogP contribution < -0.4 is 9.46 Å². The number of carbonyl (C=O) groups is 1. The van der Waals surface area contributed by atoms with Crippen LogP contribution in [0.15, 0.2) is 40.6 Å². The summed E-state index contributed by atoms with van der Waals surface area (Å²) in [6, 6.07) is 7.91. The number of hydrogen-bond acceptors (Lipinski definition) is 5. The minimum atomic E-state index is -3.92. The second-order valence-electron chi connectivity index (χ2n) is 4.44. The van der Waals surface area contributed by atoms with Gasteiger partial charge < -0.3 is 9.84 Å². The van der Waals surface area contributed by atoms with Crippen LogP contribution in [0.5, 0.6) is 5.75 Å². The van der Waals surface area contributed by atoms with E-state index in [0.717, 1.165) is 16.9 Å². The largest absolute Gasteiger partial charge is 0.491 e. The number of thiophene rings is 1. The average molecular weight is 325 g/mol. The Morgan fingerprint density at radius 2 is 2.10 bits per heavy atom. The summed E-state index contributed by atoms with van der Waals surface area (Å²) in [5, 5.41) is 10.5. The molecule has 6 nitrogen and oxygen atoms in total. The first kappa shape index (κ1) is 14.1. The van der Waals surface area contributed by atoms with E-state index in [0.29, 0.717) is 5.75 Å². The Bertz CT molecular complexity index is 796.